The molecule has 2 heterocycles. The van der Waals surface area contributed by atoms with Gasteiger partial charge in [0.1, 0.15) is 23.9 Å². The Kier molecular flexibility index (Phi) is 5.37. The molecule has 1 saturated heterocycles. The number of benzene rings is 1. The van der Waals surface area contributed by atoms with E-state index in [0.717, 1.165) is 19.4 Å². The lowest BCUT2D eigenvalue weighted by atomic mass is 10.2. The van der Waals surface area contributed by atoms with Gasteiger partial charge >= 0.3 is 0 Å². The van der Waals surface area contributed by atoms with E-state index in [0.29, 0.717) is 18.1 Å². The highest BCUT2D eigenvalue weighted by atomic mass is 35.5. The van der Waals surface area contributed by atoms with Crippen molar-refractivity contribution in [2.75, 3.05) is 13.2 Å². The Morgan fingerprint density at radius 2 is 2.25 bits per heavy atom. The molecule has 1 aliphatic rings. The summed E-state index contributed by atoms with van der Waals surface area (Å²) in [6, 6.07) is 7.10. The van der Waals surface area contributed by atoms with Gasteiger partial charge < -0.3 is 19.2 Å². The van der Waals surface area contributed by atoms with Crippen LogP contribution in [0.3, 0.4) is 0 Å². The third-order valence-corrected chi connectivity index (χ3v) is 3.96. The molecule has 128 valence electrons. The topological polar surface area (TPSA) is 60.7 Å². The van der Waals surface area contributed by atoms with Gasteiger partial charge in [0.2, 0.25) is 0 Å². The van der Waals surface area contributed by atoms with Crippen molar-refractivity contribution in [2.24, 2.45) is 0 Å². The fraction of sp³-hybridized carbons (Fsp3) is 0.353. The van der Waals surface area contributed by atoms with Crippen LogP contribution < -0.4 is 10.1 Å². The summed E-state index contributed by atoms with van der Waals surface area (Å²) in [7, 11) is 0. The van der Waals surface area contributed by atoms with Crippen LogP contribution in [0.25, 0.3) is 0 Å². The number of nitrogens with one attached hydrogen (secondary N) is 1. The minimum absolute atomic E-state index is 0.0762. The summed E-state index contributed by atoms with van der Waals surface area (Å²) < 4.78 is 29.3. The van der Waals surface area contributed by atoms with E-state index in [1.807, 2.05) is 0 Å². The van der Waals surface area contributed by atoms with Gasteiger partial charge in [-0.15, -0.1) is 0 Å². The van der Waals surface area contributed by atoms with Crippen molar-refractivity contribution < 1.29 is 23.1 Å². The second-order valence-electron chi connectivity index (χ2n) is 5.47. The normalized spacial score (nSPS) is 17.0. The molecule has 1 unspecified atom stereocenters. The van der Waals surface area contributed by atoms with Crippen molar-refractivity contribution in [2.45, 2.75) is 25.6 Å². The van der Waals surface area contributed by atoms with Crippen molar-refractivity contribution in [3.8, 4) is 5.75 Å². The highest BCUT2D eigenvalue weighted by Gasteiger charge is 2.18. The zero-order chi connectivity index (χ0) is 16.9. The first-order valence-corrected chi connectivity index (χ1v) is 8.06. The van der Waals surface area contributed by atoms with E-state index in [9.17, 15) is 9.18 Å². The second kappa shape index (κ2) is 7.68. The highest BCUT2D eigenvalue weighted by Crippen LogP contribution is 2.26. The summed E-state index contributed by atoms with van der Waals surface area (Å²) in [5.41, 5.74) is 0. The Balaban J connectivity index is 1.51. The van der Waals surface area contributed by atoms with Crippen LogP contribution in [0.15, 0.2) is 34.7 Å². The average molecular weight is 354 g/mol. The van der Waals surface area contributed by atoms with Crippen LogP contribution in [0.1, 0.15) is 29.2 Å². The monoisotopic (exact) mass is 353 g/mol. The number of carbonyl (C=O) groups excluding carboxylic acids is 1. The van der Waals surface area contributed by atoms with Gasteiger partial charge in [0.15, 0.2) is 5.76 Å². The molecule has 1 atom stereocenters. The second-order valence-corrected chi connectivity index (χ2v) is 5.88. The third-order valence-electron chi connectivity index (χ3n) is 3.66. The lowest BCUT2D eigenvalue weighted by Gasteiger charge is -2.09. The minimum Gasteiger partial charge on any atom is -0.484 e. The summed E-state index contributed by atoms with van der Waals surface area (Å²) in [5.74, 6) is 0.292. The average Bonchev–Trinajstić information content (AvgIpc) is 3.23. The van der Waals surface area contributed by atoms with E-state index < -0.39 is 5.82 Å². The maximum Gasteiger partial charge on any atom is 0.287 e. The molecule has 1 N–H and O–H groups in total. The van der Waals surface area contributed by atoms with E-state index in [2.05, 4.69) is 5.32 Å². The molecule has 1 fully saturated rings. The van der Waals surface area contributed by atoms with Gasteiger partial charge in [0, 0.05) is 13.2 Å². The first kappa shape index (κ1) is 16.8. The van der Waals surface area contributed by atoms with Crippen molar-refractivity contribution in [1.82, 2.24) is 5.32 Å². The van der Waals surface area contributed by atoms with E-state index in [-0.39, 0.29) is 29.4 Å². The minimum atomic E-state index is -0.435. The van der Waals surface area contributed by atoms with Crippen molar-refractivity contribution in [3.63, 3.8) is 0 Å². The molecule has 3 rings (SSSR count). The molecule has 0 radical (unpaired) electrons. The number of halogens is 2. The molecule has 0 bridgehead atoms. The molecule has 24 heavy (non-hydrogen) atoms. The van der Waals surface area contributed by atoms with Crippen LogP contribution in [-0.2, 0) is 11.3 Å². The van der Waals surface area contributed by atoms with Gasteiger partial charge in [0.25, 0.3) is 5.91 Å². The van der Waals surface area contributed by atoms with Crippen LogP contribution in [0.4, 0.5) is 4.39 Å². The van der Waals surface area contributed by atoms with Gasteiger partial charge in [-0.1, -0.05) is 11.6 Å². The van der Waals surface area contributed by atoms with Crippen LogP contribution in [-0.4, -0.2) is 25.2 Å². The first-order valence-electron chi connectivity index (χ1n) is 7.68. The number of ether oxygens (including phenoxy) is 2. The van der Waals surface area contributed by atoms with E-state index in [1.165, 1.54) is 18.2 Å². The van der Waals surface area contributed by atoms with Crippen LogP contribution in [0.2, 0.25) is 5.02 Å². The molecule has 0 aliphatic carbocycles. The summed E-state index contributed by atoms with van der Waals surface area (Å²) in [4.78, 5) is 12.0. The third kappa shape index (κ3) is 4.27. The van der Waals surface area contributed by atoms with Crippen LogP contribution in [0, 0.1) is 5.82 Å². The Morgan fingerprint density at radius 3 is 3.00 bits per heavy atom. The molecule has 0 saturated carbocycles. The van der Waals surface area contributed by atoms with Gasteiger partial charge in [-0.25, -0.2) is 4.39 Å². The summed E-state index contributed by atoms with van der Waals surface area (Å²) in [6.45, 7) is 1.30. The van der Waals surface area contributed by atoms with Crippen molar-refractivity contribution in [3.05, 3.63) is 52.7 Å². The SMILES string of the molecule is O=C(NCC1CCCO1)c1ccc(COc2ccc(F)cc2Cl)o1. The summed E-state index contributed by atoms with van der Waals surface area (Å²) >= 11 is 5.88. The van der Waals surface area contributed by atoms with E-state index >= 15 is 0 Å². The molecule has 1 amide bonds. The number of furan rings is 1. The van der Waals surface area contributed by atoms with Gasteiger partial charge in [0.05, 0.1) is 11.1 Å². The smallest absolute Gasteiger partial charge is 0.287 e. The summed E-state index contributed by atoms with van der Waals surface area (Å²) in [6.07, 6.45) is 2.05. The lowest BCUT2D eigenvalue weighted by Crippen LogP contribution is -2.31. The number of hydrogen-bond acceptors (Lipinski definition) is 4. The Labute approximate surface area is 143 Å². The van der Waals surface area contributed by atoms with Gasteiger partial charge in [-0.3, -0.25) is 4.79 Å². The maximum atomic E-state index is 13.0. The lowest BCUT2D eigenvalue weighted by molar-refractivity contribution is 0.0832. The van der Waals surface area contributed by atoms with Gasteiger partial charge in [-0.2, -0.15) is 0 Å². The van der Waals surface area contributed by atoms with Gasteiger partial charge in [-0.05, 0) is 43.2 Å². The molecular formula is C17H17ClFNO4. The quantitative estimate of drug-likeness (QED) is 0.862. The fourth-order valence-electron chi connectivity index (χ4n) is 2.42. The maximum absolute atomic E-state index is 13.0. The Morgan fingerprint density at radius 1 is 1.38 bits per heavy atom. The van der Waals surface area contributed by atoms with Crippen molar-refractivity contribution >= 4 is 17.5 Å². The molecule has 1 aliphatic heterocycles. The standard InChI is InChI=1S/C17H17ClFNO4/c18-14-8-11(19)3-5-15(14)23-10-13-4-6-16(24-13)17(21)20-9-12-2-1-7-22-12/h3-6,8,12H,1-2,7,9-10H2,(H,20,21). The Bertz CT molecular complexity index is 712. The zero-order valence-corrected chi connectivity index (χ0v) is 13.6. The molecule has 1 aromatic carbocycles. The molecule has 2 aromatic rings. The first-order chi connectivity index (χ1) is 11.6. The van der Waals surface area contributed by atoms with Crippen LogP contribution >= 0.6 is 11.6 Å². The summed E-state index contributed by atoms with van der Waals surface area (Å²) in [5, 5.41) is 2.96. The Hall–Kier alpha value is -2.05. The molecule has 0 spiro atoms. The van der Waals surface area contributed by atoms with E-state index in [1.54, 1.807) is 12.1 Å². The molecule has 1 aromatic heterocycles. The van der Waals surface area contributed by atoms with Crippen molar-refractivity contribution in [1.29, 1.82) is 0 Å². The zero-order valence-electron chi connectivity index (χ0n) is 12.9. The molecule has 7 heteroatoms. The predicted octanol–water partition coefficient (Wildman–Crippen LogP) is 3.56. The molecular weight excluding hydrogens is 337 g/mol. The number of carbonyl (C=O) groups is 1. The van der Waals surface area contributed by atoms with E-state index in [4.69, 9.17) is 25.5 Å². The van der Waals surface area contributed by atoms with Crippen LogP contribution in [0.5, 0.6) is 5.75 Å². The molecule has 5 nitrogen and oxygen atoms in total. The number of hydrogen-bond donors (Lipinski definition) is 1. The predicted molar refractivity (Wildman–Crippen MR) is 85.8 cm³/mol. The highest BCUT2D eigenvalue weighted by molar-refractivity contribution is 6.32. The number of rotatable bonds is 6. The number of amides is 1. The fourth-order valence-corrected chi connectivity index (χ4v) is 2.64. The largest absolute Gasteiger partial charge is 0.484 e.